The largest absolute Gasteiger partial charge is 0.307 e. The van der Waals surface area contributed by atoms with Gasteiger partial charge >= 0.3 is 0 Å². The van der Waals surface area contributed by atoms with Crippen LogP contribution in [-0.2, 0) is 0 Å². The Morgan fingerprint density at radius 1 is 1.30 bits per heavy atom. The van der Waals surface area contributed by atoms with E-state index in [9.17, 15) is 0 Å². The van der Waals surface area contributed by atoms with E-state index in [1.165, 1.54) is 41.9 Å². The van der Waals surface area contributed by atoms with Crippen molar-refractivity contribution in [2.45, 2.75) is 63.4 Å². The highest BCUT2D eigenvalue weighted by Gasteiger charge is 2.22. The molecule has 0 amide bonds. The molecular formula is C17H26ClNS. The van der Waals surface area contributed by atoms with E-state index in [1.54, 1.807) is 0 Å². The zero-order chi connectivity index (χ0) is 14.5. The first-order valence-electron chi connectivity index (χ1n) is 7.74. The molecule has 0 aromatic heterocycles. The highest BCUT2D eigenvalue weighted by molar-refractivity contribution is 7.99. The van der Waals surface area contributed by atoms with Gasteiger partial charge in [0.15, 0.2) is 0 Å². The van der Waals surface area contributed by atoms with Crippen molar-refractivity contribution < 1.29 is 0 Å². The van der Waals surface area contributed by atoms with E-state index >= 15 is 0 Å². The SMILES string of the molecule is CC(C)CCCC(C)NC1CCSc2ccc(Cl)cc21. The summed E-state index contributed by atoms with van der Waals surface area (Å²) in [6.45, 7) is 6.91. The van der Waals surface area contributed by atoms with Crippen molar-refractivity contribution in [1.82, 2.24) is 5.32 Å². The van der Waals surface area contributed by atoms with Gasteiger partial charge in [-0.05, 0) is 55.2 Å². The molecule has 1 N–H and O–H groups in total. The zero-order valence-corrected chi connectivity index (χ0v) is 14.4. The second-order valence-electron chi connectivity index (χ2n) is 6.26. The fourth-order valence-electron chi connectivity index (χ4n) is 2.80. The third kappa shape index (κ3) is 4.68. The van der Waals surface area contributed by atoms with Crippen molar-refractivity contribution in [3.63, 3.8) is 0 Å². The number of hydrogen-bond acceptors (Lipinski definition) is 2. The molecule has 2 rings (SSSR count). The fraction of sp³-hybridized carbons (Fsp3) is 0.647. The molecule has 1 nitrogen and oxygen atoms in total. The predicted octanol–water partition coefficient (Wildman–Crippen LogP) is 5.68. The summed E-state index contributed by atoms with van der Waals surface area (Å²) < 4.78 is 0. The minimum absolute atomic E-state index is 0.471. The standard InChI is InChI=1S/C17H26ClNS/c1-12(2)5-4-6-13(3)19-16-9-10-20-17-8-7-14(18)11-15(16)17/h7-8,11-13,16,19H,4-6,9-10H2,1-3H3. The van der Waals surface area contributed by atoms with Crippen LogP contribution in [0.3, 0.4) is 0 Å². The lowest BCUT2D eigenvalue weighted by Gasteiger charge is -2.29. The minimum atomic E-state index is 0.471. The average molecular weight is 312 g/mol. The summed E-state index contributed by atoms with van der Waals surface area (Å²) in [7, 11) is 0. The molecule has 20 heavy (non-hydrogen) atoms. The van der Waals surface area contributed by atoms with E-state index in [-0.39, 0.29) is 0 Å². The van der Waals surface area contributed by atoms with Crippen LogP contribution in [0.1, 0.15) is 58.1 Å². The molecule has 2 atom stereocenters. The zero-order valence-electron chi connectivity index (χ0n) is 12.8. The third-order valence-electron chi connectivity index (χ3n) is 3.92. The number of thioether (sulfide) groups is 1. The number of halogens is 1. The van der Waals surface area contributed by atoms with E-state index < -0.39 is 0 Å². The summed E-state index contributed by atoms with van der Waals surface area (Å²) in [5.41, 5.74) is 1.39. The lowest BCUT2D eigenvalue weighted by molar-refractivity contribution is 0.400. The van der Waals surface area contributed by atoms with Crippen LogP contribution in [0.4, 0.5) is 0 Å². The van der Waals surface area contributed by atoms with Gasteiger partial charge in [-0.15, -0.1) is 11.8 Å². The lowest BCUT2D eigenvalue weighted by atomic mass is 10.00. The molecule has 0 fully saturated rings. The molecule has 1 heterocycles. The number of hydrogen-bond donors (Lipinski definition) is 1. The van der Waals surface area contributed by atoms with Crippen LogP contribution in [0.2, 0.25) is 5.02 Å². The topological polar surface area (TPSA) is 12.0 Å². The van der Waals surface area contributed by atoms with Crippen LogP contribution in [0.25, 0.3) is 0 Å². The van der Waals surface area contributed by atoms with Gasteiger partial charge in [0, 0.05) is 22.0 Å². The molecule has 0 radical (unpaired) electrons. The maximum Gasteiger partial charge on any atom is 0.0410 e. The maximum atomic E-state index is 6.16. The normalized spacial score (nSPS) is 19.9. The monoisotopic (exact) mass is 311 g/mol. The van der Waals surface area contributed by atoms with Crippen LogP contribution < -0.4 is 5.32 Å². The van der Waals surface area contributed by atoms with E-state index in [2.05, 4.69) is 38.2 Å². The van der Waals surface area contributed by atoms with Crippen molar-refractivity contribution in [3.8, 4) is 0 Å². The highest BCUT2D eigenvalue weighted by atomic mass is 35.5. The molecule has 1 aromatic rings. The van der Waals surface area contributed by atoms with E-state index in [4.69, 9.17) is 11.6 Å². The van der Waals surface area contributed by atoms with Gasteiger partial charge in [0.1, 0.15) is 0 Å². The van der Waals surface area contributed by atoms with Crippen LogP contribution in [0.5, 0.6) is 0 Å². The first kappa shape index (κ1) is 16.2. The summed E-state index contributed by atoms with van der Waals surface area (Å²) >= 11 is 8.11. The van der Waals surface area contributed by atoms with Gasteiger partial charge in [-0.25, -0.2) is 0 Å². The molecule has 1 aromatic carbocycles. The van der Waals surface area contributed by atoms with Crippen LogP contribution >= 0.6 is 23.4 Å². The molecule has 0 saturated heterocycles. The Kier molecular flexibility index (Phi) is 6.25. The Balaban J connectivity index is 1.92. The molecule has 112 valence electrons. The van der Waals surface area contributed by atoms with Gasteiger partial charge in [-0.2, -0.15) is 0 Å². The van der Waals surface area contributed by atoms with Gasteiger partial charge in [0.25, 0.3) is 0 Å². The molecule has 0 saturated carbocycles. The van der Waals surface area contributed by atoms with Crippen LogP contribution in [-0.4, -0.2) is 11.8 Å². The molecule has 3 heteroatoms. The molecule has 0 bridgehead atoms. The maximum absolute atomic E-state index is 6.16. The van der Waals surface area contributed by atoms with E-state index in [1.807, 2.05) is 17.8 Å². The molecule has 0 aliphatic carbocycles. The molecule has 1 aliphatic rings. The first-order valence-corrected chi connectivity index (χ1v) is 9.11. The van der Waals surface area contributed by atoms with Gasteiger partial charge in [-0.1, -0.05) is 38.3 Å². The Morgan fingerprint density at radius 2 is 2.10 bits per heavy atom. The predicted molar refractivity (Wildman–Crippen MR) is 90.8 cm³/mol. The molecule has 0 spiro atoms. The summed E-state index contributed by atoms with van der Waals surface area (Å²) in [6.07, 6.45) is 5.11. The number of rotatable bonds is 6. The Hall–Kier alpha value is -0.180. The summed E-state index contributed by atoms with van der Waals surface area (Å²) in [5.74, 6) is 2.01. The fourth-order valence-corrected chi connectivity index (χ4v) is 4.08. The van der Waals surface area contributed by atoms with Crippen molar-refractivity contribution in [2.75, 3.05) is 5.75 Å². The second-order valence-corrected chi connectivity index (χ2v) is 7.84. The Bertz CT molecular complexity index is 433. The number of fused-ring (bicyclic) bond motifs is 1. The Morgan fingerprint density at radius 3 is 2.85 bits per heavy atom. The van der Waals surface area contributed by atoms with Crippen LogP contribution in [0.15, 0.2) is 23.1 Å². The number of nitrogens with one attached hydrogen (secondary N) is 1. The second kappa shape index (κ2) is 7.72. The van der Waals surface area contributed by atoms with E-state index in [0.29, 0.717) is 12.1 Å². The van der Waals surface area contributed by atoms with Gasteiger partial charge < -0.3 is 5.32 Å². The van der Waals surface area contributed by atoms with Gasteiger partial charge in [0.05, 0.1) is 0 Å². The van der Waals surface area contributed by atoms with E-state index in [0.717, 1.165) is 10.9 Å². The number of benzene rings is 1. The molecular weight excluding hydrogens is 286 g/mol. The smallest absolute Gasteiger partial charge is 0.0410 e. The van der Waals surface area contributed by atoms with Gasteiger partial charge in [0.2, 0.25) is 0 Å². The van der Waals surface area contributed by atoms with Crippen molar-refractivity contribution >= 4 is 23.4 Å². The summed E-state index contributed by atoms with van der Waals surface area (Å²) in [5, 5.41) is 4.66. The molecule has 2 unspecified atom stereocenters. The van der Waals surface area contributed by atoms with Crippen molar-refractivity contribution in [3.05, 3.63) is 28.8 Å². The van der Waals surface area contributed by atoms with Crippen molar-refractivity contribution in [2.24, 2.45) is 5.92 Å². The first-order chi connectivity index (χ1) is 9.56. The van der Waals surface area contributed by atoms with Crippen LogP contribution in [0, 0.1) is 5.92 Å². The summed E-state index contributed by atoms with van der Waals surface area (Å²) in [6, 6.07) is 7.36. The third-order valence-corrected chi connectivity index (χ3v) is 5.27. The average Bonchev–Trinajstić information content (AvgIpc) is 2.39. The lowest BCUT2D eigenvalue weighted by Crippen LogP contribution is -2.32. The Labute approximate surface area is 132 Å². The highest BCUT2D eigenvalue weighted by Crippen LogP contribution is 2.37. The van der Waals surface area contributed by atoms with Crippen molar-refractivity contribution in [1.29, 1.82) is 0 Å². The van der Waals surface area contributed by atoms with Gasteiger partial charge in [-0.3, -0.25) is 0 Å². The quantitative estimate of drug-likeness (QED) is 0.725. The minimum Gasteiger partial charge on any atom is -0.307 e. The molecule has 1 aliphatic heterocycles. The summed E-state index contributed by atoms with van der Waals surface area (Å²) in [4.78, 5) is 1.40.